The van der Waals surface area contributed by atoms with E-state index in [0.29, 0.717) is 20.6 Å². The van der Waals surface area contributed by atoms with Crippen LogP contribution in [-0.4, -0.2) is 50.1 Å². The smallest absolute Gasteiger partial charge is 0.271 e. The van der Waals surface area contributed by atoms with Crippen molar-refractivity contribution in [3.8, 4) is 11.5 Å². The molecule has 0 aromatic heterocycles. The predicted octanol–water partition coefficient (Wildman–Crippen LogP) is 3.23. The van der Waals surface area contributed by atoms with Gasteiger partial charge in [0, 0.05) is 34.7 Å². The SMILES string of the molecule is COc1ccc(Cl)cc1/C=C1\CCC(=O)CN(S(=O)(=O)c2cc([N+](=O)[O-])ccc2OC)C1=O. The lowest BCUT2D eigenvalue weighted by atomic mass is 10.0. The molecule has 0 saturated carbocycles. The molecule has 0 aliphatic carbocycles. The summed E-state index contributed by atoms with van der Waals surface area (Å²) in [6.45, 7) is -0.711. The van der Waals surface area contributed by atoms with E-state index in [4.69, 9.17) is 21.1 Å². The van der Waals surface area contributed by atoms with Gasteiger partial charge in [-0.25, -0.2) is 12.7 Å². The number of rotatable bonds is 6. The lowest BCUT2D eigenvalue weighted by molar-refractivity contribution is -0.385. The van der Waals surface area contributed by atoms with Crippen molar-refractivity contribution in [1.29, 1.82) is 0 Å². The van der Waals surface area contributed by atoms with Gasteiger partial charge in [0.05, 0.1) is 25.7 Å². The Hall–Kier alpha value is -3.44. The van der Waals surface area contributed by atoms with Crippen LogP contribution in [0.1, 0.15) is 18.4 Å². The van der Waals surface area contributed by atoms with Gasteiger partial charge in [0.25, 0.3) is 21.6 Å². The molecule has 1 amide bonds. The van der Waals surface area contributed by atoms with Crippen molar-refractivity contribution in [2.45, 2.75) is 17.7 Å². The number of ether oxygens (including phenoxy) is 2. The van der Waals surface area contributed by atoms with Gasteiger partial charge >= 0.3 is 0 Å². The highest BCUT2D eigenvalue weighted by molar-refractivity contribution is 7.89. The molecule has 33 heavy (non-hydrogen) atoms. The third-order valence-electron chi connectivity index (χ3n) is 4.94. The van der Waals surface area contributed by atoms with Gasteiger partial charge in [-0.1, -0.05) is 11.6 Å². The number of nitro groups is 1. The van der Waals surface area contributed by atoms with Crippen molar-refractivity contribution in [2.24, 2.45) is 0 Å². The first-order chi connectivity index (χ1) is 15.6. The maximum atomic E-state index is 13.4. The first-order valence-corrected chi connectivity index (χ1v) is 11.4. The molecule has 0 N–H and O–H groups in total. The molecule has 1 saturated heterocycles. The number of halogens is 1. The molecule has 1 heterocycles. The summed E-state index contributed by atoms with van der Waals surface area (Å²) >= 11 is 6.04. The van der Waals surface area contributed by atoms with Crippen LogP contribution in [0, 0.1) is 10.1 Å². The Morgan fingerprint density at radius 1 is 1.06 bits per heavy atom. The van der Waals surface area contributed by atoms with E-state index in [9.17, 15) is 28.1 Å². The van der Waals surface area contributed by atoms with Gasteiger partial charge in [0.2, 0.25) is 0 Å². The molecule has 1 aliphatic heterocycles. The number of hydrogen-bond acceptors (Lipinski definition) is 8. The maximum absolute atomic E-state index is 13.4. The van der Waals surface area contributed by atoms with Crippen LogP contribution < -0.4 is 9.47 Å². The molecule has 12 heteroatoms. The highest BCUT2D eigenvalue weighted by atomic mass is 35.5. The second-order valence-corrected chi connectivity index (χ2v) is 9.27. The van der Waals surface area contributed by atoms with E-state index in [2.05, 4.69) is 0 Å². The van der Waals surface area contributed by atoms with Crippen LogP contribution in [-0.2, 0) is 19.6 Å². The summed E-state index contributed by atoms with van der Waals surface area (Å²) in [6, 6.07) is 7.69. The normalized spacial score (nSPS) is 16.0. The molecule has 1 fully saturated rings. The summed E-state index contributed by atoms with van der Waals surface area (Å²) in [7, 11) is -2.07. The summed E-state index contributed by atoms with van der Waals surface area (Å²) in [5.41, 5.74) is -0.0511. The minimum absolute atomic E-state index is 0.00851. The standard InChI is InChI=1S/C21H19ClN2O8S/c1-31-18-7-4-15(22)10-14(18)9-13-3-6-17(25)12-23(21(13)26)33(29,30)20-11-16(24(27)28)5-8-19(20)32-2/h4-5,7-11H,3,6,12H2,1-2H3/b13-9+. The molecule has 0 unspecified atom stereocenters. The first-order valence-electron chi connectivity index (χ1n) is 9.53. The zero-order chi connectivity index (χ0) is 24.3. The minimum atomic E-state index is -4.68. The second-order valence-electron chi connectivity index (χ2n) is 7.00. The van der Waals surface area contributed by atoms with Gasteiger partial charge < -0.3 is 9.47 Å². The van der Waals surface area contributed by atoms with Crippen LogP contribution in [0.5, 0.6) is 11.5 Å². The number of Topliss-reactive ketones (excluding diaryl/α,β-unsaturated/α-hetero) is 1. The fourth-order valence-electron chi connectivity index (χ4n) is 3.29. The van der Waals surface area contributed by atoms with E-state index in [1.807, 2.05) is 0 Å². The molecule has 0 atom stereocenters. The molecule has 2 aromatic rings. The maximum Gasteiger partial charge on any atom is 0.271 e. The fourth-order valence-corrected chi connectivity index (χ4v) is 5.03. The molecule has 1 aliphatic rings. The number of methoxy groups -OCH3 is 2. The van der Waals surface area contributed by atoms with Crippen LogP contribution in [0.15, 0.2) is 46.9 Å². The number of nitro benzene ring substituents is 1. The van der Waals surface area contributed by atoms with Gasteiger partial charge in [-0.3, -0.25) is 19.7 Å². The lowest BCUT2D eigenvalue weighted by Crippen LogP contribution is -2.39. The Bertz CT molecular complexity index is 1270. The van der Waals surface area contributed by atoms with Crippen molar-refractivity contribution in [3.05, 3.63) is 62.7 Å². The Morgan fingerprint density at radius 3 is 2.36 bits per heavy atom. The van der Waals surface area contributed by atoms with Crippen LogP contribution in [0.2, 0.25) is 5.02 Å². The van der Waals surface area contributed by atoms with Crippen LogP contribution in [0.3, 0.4) is 0 Å². The number of non-ortho nitro benzene ring substituents is 1. The Kier molecular flexibility index (Phi) is 7.04. The number of amides is 1. The molecule has 0 bridgehead atoms. The molecule has 174 valence electrons. The number of carbonyl (C=O) groups excluding carboxylic acids is 2. The third-order valence-corrected chi connectivity index (χ3v) is 6.93. The lowest BCUT2D eigenvalue weighted by Gasteiger charge is -2.21. The van der Waals surface area contributed by atoms with E-state index in [0.717, 1.165) is 18.2 Å². The van der Waals surface area contributed by atoms with Crippen molar-refractivity contribution in [3.63, 3.8) is 0 Å². The Morgan fingerprint density at radius 2 is 1.73 bits per heavy atom. The first kappa shape index (κ1) is 24.2. The highest BCUT2D eigenvalue weighted by Gasteiger charge is 2.37. The average molecular weight is 495 g/mol. The van der Waals surface area contributed by atoms with Gasteiger partial charge in [0.1, 0.15) is 16.4 Å². The summed E-state index contributed by atoms with van der Waals surface area (Å²) in [6.07, 6.45) is 1.34. The molecule has 0 radical (unpaired) electrons. The number of benzene rings is 2. The van der Waals surface area contributed by atoms with Crippen LogP contribution in [0.4, 0.5) is 5.69 Å². The van der Waals surface area contributed by atoms with E-state index in [-0.39, 0.29) is 24.2 Å². The molecule has 0 spiro atoms. The fraction of sp³-hybridized carbons (Fsp3) is 0.238. The predicted molar refractivity (Wildman–Crippen MR) is 119 cm³/mol. The molecule has 10 nitrogen and oxygen atoms in total. The van der Waals surface area contributed by atoms with Crippen molar-refractivity contribution in [1.82, 2.24) is 4.31 Å². The number of carbonyl (C=O) groups is 2. The number of ketones is 1. The van der Waals surface area contributed by atoms with Crippen molar-refractivity contribution < 1.29 is 32.4 Å². The largest absolute Gasteiger partial charge is 0.496 e. The molecular formula is C21H19ClN2O8S. The van der Waals surface area contributed by atoms with E-state index >= 15 is 0 Å². The average Bonchev–Trinajstić information content (AvgIpc) is 2.92. The van der Waals surface area contributed by atoms with Crippen molar-refractivity contribution >= 4 is 45.1 Å². The quantitative estimate of drug-likeness (QED) is 0.339. The minimum Gasteiger partial charge on any atom is -0.496 e. The molecular weight excluding hydrogens is 476 g/mol. The summed E-state index contributed by atoms with van der Waals surface area (Å²) in [4.78, 5) is 35.5. The van der Waals surface area contributed by atoms with Crippen LogP contribution >= 0.6 is 11.6 Å². The molecule has 3 rings (SSSR count). The Labute approximate surface area is 194 Å². The highest BCUT2D eigenvalue weighted by Crippen LogP contribution is 2.33. The van der Waals surface area contributed by atoms with E-state index < -0.39 is 43.8 Å². The number of hydrogen-bond donors (Lipinski definition) is 0. The van der Waals surface area contributed by atoms with Gasteiger partial charge in [-0.05, 0) is 36.8 Å². The van der Waals surface area contributed by atoms with Crippen LogP contribution in [0.25, 0.3) is 6.08 Å². The third kappa shape index (κ3) is 4.99. The van der Waals surface area contributed by atoms with Crippen molar-refractivity contribution in [2.75, 3.05) is 20.8 Å². The van der Waals surface area contributed by atoms with Gasteiger partial charge in [-0.2, -0.15) is 0 Å². The van der Waals surface area contributed by atoms with Gasteiger partial charge in [-0.15, -0.1) is 0 Å². The Balaban J connectivity index is 2.14. The monoisotopic (exact) mass is 494 g/mol. The number of nitrogens with zero attached hydrogens (tertiary/aromatic N) is 2. The van der Waals surface area contributed by atoms with E-state index in [1.54, 1.807) is 12.1 Å². The summed E-state index contributed by atoms with van der Waals surface area (Å²) in [5, 5.41) is 11.5. The molecule has 2 aromatic carbocycles. The number of sulfonamides is 1. The zero-order valence-corrected chi connectivity index (χ0v) is 19.2. The second kappa shape index (κ2) is 9.59. The van der Waals surface area contributed by atoms with E-state index in [1.165, 1.54) is 26.4 Å². The topological polar surface area (TPSA) is 133 Å². The summed E-state index contributed by atoms with van der Waals surface area (Å²) in [5.74, 6) is -1.23. The van der Waals surface area contributed by atoms with Gasteiger partial charge in [0.15, 0.2) is 5.78 Å². The zero-order valence-electron chi connectivity index (χ0n) is 17.6. The summed E-state index contributed by atoms with van der Waals surface area (Å²) < 4.78 is 37.5.